The fourth-order valence-electron chi connectivity index (χ4n) is 10.1. The van der Waals surface area contributed by atoms with Crippen LogP contribution in [0.1, 0.15) is 200 Å². The summed E-state index contributed by atoms with van der Waals surface area (Å²) >= 11 is 0. The largest absolute Gasteiger partial charge is 0.478 e. The van der Waals surface area contributed by atoms with Crippen molar-refractivity contribution >= 4 is 11.9 Å². The van der Waals surface area contributed by atoms with Crippen molar-refractivity contribution in [3.8, 4) is 23.0 Å². The summed E-state index contributed by atoms with van der Waals surface area (Å²) in [5.41, 5.74) is 17.1. The number of carboxylic acid groups (broad SMARTS) is 2. The molecule has 0 saturated carbocycles. The molecule has 2 N–H and O–H groups in total. The zero-order valence-electron chi connectivity index (χ0n) is 38.7. The van der Waals surface area contributed by atoms with Gasteiger partial charge in [0, 0.05) is 66.1 Å². The van der Waals surface area contributed by atoms with Gasteiger partial charge in [-0.05, 0) is 131 Å². The third-order valence-corrected chi connectivity index (χ3v) is 12.5. The molecule has 8 heteroatoms. The van der Waals surface area contributed by atoms with Crippen molar-refractivity contribution in [2.24, 2.45) is 0 Å². The molecule has 2 aliphatic rings. The van der Waals surface area contributed by atoms with Crippen LogP contribution in [-0.2, 0) is 119 Å². The molecule has 0 amide bonds. The van der Waals surface area contributed by atoms with Crippen molar-refractivity contribution in [1.82, 2.24) is 0 Å². The van der Waals surface area contributed by atoms with E-state index in [9.17, 15) is 19.8 Å². The van der Waals surface area contributed by atoms with E-state index in [2.05, 4.69) is 86.6 Å². The molecule has 2 aliphatic heterocycles. The molecule has 0 saturated heterocycles. The first kappa shape index (κ1) is 52.1. The van der Waals surface area contributed by atoms with Gasteiger partial charge in [-0.2, -0.15) is 0 Å². The molecule has 330 valence electrons. The maximum absolute atomic E-state index is 12.6. The predicted octanol–water partition coefficient (Wildman–Crippen LogP) is 13.7. The summed E-state index contributed by atoms with van der Waals surface area (Å²) in [7, 11) is 0. The van der Waals surface area contributed by atoms with Gasteiger partial charge >= 0.3 is 11.9 Å². The van der Waals surface area contributed by atoms with Gasteiger partial charge < -0.3 is 19.7 Å². The molecule has 0 aromatic heterocycles. The quantitative estimate of drug-likeness (QED) is 0.0885. The monoisotopic (exact) mass is 998 g/mol. The SMILES string of the molecule is CCCc1ccc2c(c1CCC)Oc1c(CCC)c(CCC)c(CCC)c(C(=O)O)c1C2.CCc1ccc2c(c1CC)Oc1c(CC)c(CC)c(CC)c(C(=O)O)c1C2.[Mo].[Mo]. The second-order valence-electron chi connectivity index (χ2n) is 16.3. The molecular formula is C53H70Mo2O6. The van der Waals surface area contributed by atoms with Crippen molar-refractivity contribution in [1.29, 1.82) is 0 Å². The molecule has 0 fully saturated rings. The molecule has 0 spiro atoms. The normalized spacial score (nSPS) is 11.9. The van der Waals surface area contributed by atoms with Crippen molar-refractivity contribution in [2.45, 2.75) is 178 Å². The van der Waals surface area contributed by atoms with E-state index in [1.54, 1.807) is 0 Å². The van der Waals surface area contributed by atoms with Crippen molar-refractivity contribution < 1.29 is 71.4 Å². The zero-order chi connectivity index (χ0) is 43.0. The number of aromatic carboxylic acids is 2. The van der Waals surface area contributed by atoms with Gasteiger partial charge in [-0.15, -0.1) is 0 Å². The molecule has 2 heterocycles. The number of carboxylic acids is 2. The summed E-state index contributed by atoms with van der Waals surface area (Å²) in [4.78, 5) is 24.8. The van der Waals surface area contributed by atoms with Gasteiger partial charge in [0.2, 0.25) is 0 Å². The van der Waals surface area contributed by atoms with E-state index in [-0.39, 0.29) is 42.1 Å². The third-order valence-electron chi connectivity index (χ3n) is 12.5. The van der Waals surface area contributed by atoms with Gasteiger partial charge in [0.1, 0.15) is 23.0 Å². The second kappa shape index (κ2) is 24.0. The molecule has 6 rings (SSSR count). The zero-order valence-corrected chi connectivity index (χ0v) is 42.7. The van der Waals surface area contributed by atoms with E-state index >= 15 is 0 Å². The molecule has 0 radical (unpaired) electrons. The Morgan fingerprint density at radius 2 is 0.836 bits per heavy atom. The van der Waals surface area contributed by atoms with Gasteiger partial charge in [-0.1, -0.05) is 126 Å². The molecule has 6 nitrogen and oxygen atoms in total. The van der Waals surface area contributed by atoms with Crippen molar-refractivity contribution in [3.63, 3.8) is 0 Å². The van der Waals surface area contributed by atoms with E-state index in [0.29, 0.717) is 24.0 Å². The molecule has 4 aromatic rings. The van der Waals surface area contributed by atoms with Gasteiger partial charge in [0.05, 0.1) is 11.1 Å². The maximum atomic E-state index is 12.6. The molecule has 0 unspecified atom stereocenters. The summed E-state index contributed by atoms with van der Waals surface area (Å²) in [5.74, 6) is 1.97. The van der Waals surface area contributed by atoms with Gasteiger partial charge in [-0.25, -0.2) is 9.59 Å². The molecule has 0 aliphatic carbocycles. The fourth-order valence-corrected chi connectivity index (χ4v) is 10.1. The van der Waals surface area contributed by atoms with Crippen LogP contribution in [0.15, 0.2) is 24.3 Å². The average Bonchev–Trinajstić information content (AvgIpc) is 3.23. The Kier molecular flexibility index (Phi) is 20.5. The minimum absolute atomic E-state index is 0. The van der Waals surface area contributed by atoms with Gasteiger partial charge in [0.15, 0.2) is 0 Å². The van der Waals surface area contributed by atoms with E-state index in [0.717, 1.165) is 158 Å². The first-order valence-electron chi connectivity index (χ1n) is 23.0. The topological polar surface area (TPSA) is 93.1 Å². The Bertz CT molecular complexity index is 2190. The first-order valence-corrected chi connectivity index (χ1v) is 23.0. The van der Waals surface area contributed by atoms with E-state index in [4.69, 9.17) is 9.47 Å². The number of aryl methyl sites for hydroxylation is 2. The van der Waals surface area contributed by atoms with Crippen LogP contribution < -0.4 is 9.47 Å². The second-order valence-corrected chi connectivity index (χ2v) is 16.3. The molecule has 61 heavy (non-hydrogen) atoms. The van der Waals surface area contributed by atoms with Crippen LogP contribution in [0.2, 0.25) is 0 Å². The maximum Gasteiger partial charge on any atom is 0.336 e. The minimum atomic E-state index is -0.839. The van der Waals surface area contributed by atoms with Crippen LogP contribution in [0.25, 0.3) is 0 Å². The number of carbonyl (C=O) groups is 2. The summed E-state index contributed by atoms with van der Waals surface area (Å²) < 4.78 is 13.3. The van der Waals surface area contributed by atoms with Crippen molar-refractivity contribution in [2.75, 3.05) is 0 Å². The molecule has 0 bridgehead atoms. The van der Waals surface area contributed by atoms with Crippen LogP contribution >= 0.6 is 0 Å². The van der Waals surface area contributed by atoms with Crippen LogP contribution in [-0.4, -0.2) is 22.2 Å². The Balaban J connectivity index is 0.000000319. The summed E-state index contributed by atoms with van der Waals surface area (Å²) in [6.07, 6.45) is 15.4. The molecule has 4 aromatic carbocycles. The number of rotatable bonds is 17. The summed E-state index contributed by atoms with van der Waals surface area (Å²) in [6, 6.07) is 8.71. The Morgan fingerprint density at radius 3 is 1.30 bits per heavy atom. The van der Waals surface area contributed by atoms with Crippen LogP contribution in [0.5, 0.6) is 23.0 Å². The first-order chi connectivity index (χ1) is 28.5. The van der Waals surface area contributed by atoms with E-state index in [1.807, 2.05) is 6.92 Å². The smallest absolute Gasteiger partial charge is 0.336 e. The predicted molar refractivity (Wildman–Crippen MR) is 242 cm³/mol. The number of fused-ring (bicyclic) bond motifs is 4. The van der Waals surface area contributed by atoms with Crippen LogP contribution in [0, 0.1) is 0 Å². The fraction of sp³-hybridized carbons (Fsp3) is 0.509. The minimum Gasteiger partial charge on any atom is -0.478 e. The van der Waals surface area contributed by atoms with Gasteiger partial charge in [0.25, 0.3) is 0 Å². The standard InChI is InChI=1S/C29H40O3.C24H30O3.2Mo/c1-6-11-19-16-17-20-18-25-26(29(30)31)23(14-9-4)22(13-8-3)24(15-10-5)28(25)32-27(20)21(19)12-7-2;1-6-14-11-12-15-13-20-21(24(25)26)18(9-4)17(8-3)19(10-5)23(20)27-22(15)16(14)7-2;;/h16-17H,6-15,18H2,1-5H3,(H,30,31);11-12H,6-10,13H2,1-5H3,(H,25,26);;. The van der Waals surface area contributed by atoms with Crippen LogP contribution in [0.4, 0.5) is 0 Å². The van der Waals surface area contributed by atoms with Gasteiger partial charge in [-0.3, -0.25) is 0 Å². The van der Waals surface area contributed by atoms with Crippen LogP contribution in [0.3, 0.4) is 0 Å². The average molecular weight is 995 g/mol. The summed E-state index contributed by atoms with van der Waals surface area (Å²) in [5, 5.41) is 20.3. The van der Waals surface area contributed by atoms with E-state index in [1.165, 1.54) is 38.9 Å². The number of ether oxygens (including phenoxy) is 2. The Labute approximate surface area is 395 Å². The molecule has 0 atom stereocenters. The Hall–Kier alpha value is -3.20. The Morgan fingerprint density at radius 1 is 0.426 bits per heavy atom. The number of hydrogen-bond donors (Lipinski definition) is 2. The van der Waals surface area contributed by atoms with Crippen molar-refractivity contribution in [3.05, 3.63) is 113 Å². The molecular weight excluding hydrogens is 924 g/mol. The summed E-state index contributed by atoms with van der Waals surface area (Å²) in [6.45, 7) is 21.6. The number of hydrogen-bond acceptors (Lipinski definition) is 4. The number of benzene rings is 4. The van der Waals surface area contributed by atoms with E-state index < -0.39 is 11.9 Å². The third kappa shape index (κ3) is 10.4.